The number of amides is 1. The van der Waals surface area contributed by atoms with E-state index in [-0.39, 0.29) is 5.91 Å². The van der Waals surface area contributed by atoms with Crippen LogP contribution in [0.1, 0.15) is 49.8 Å². The van der Waals surface area contributed by atoms with Crippen molar-refractivity contribution in [1.29, 1.82) is 0 Å². The van der Waals surface area contributed by atoms with Crippen molar-refractivity contribution in [2.75, 3.05) is 25.0 Å². The minimum atomic E-state index is 0.0380. The van der Waals surface area contributed by atoms with Crippen molar-refractivity contribution in [3.05, 3.63) is 5.01 Å². The van der Waals surface area contributed by atoms with E-state index in [9.17, 15) is 4.79 Å². The van der Waals surface area contributed by atoms with Crippen molar-refractivity contribution in [3.63, 3.8) is 0 Å². The normalized spacial score (nSPS) is 20.0. The first kappa shape index (κ1) is 15.2. The fourth-order valence-electron chi connectivity index (χ4n) is 2.66. The molecule has 0 saturated carbocycles. The summed E-state index contributed by atoms with van der Waals surface area (Å²) in [7, 11) is 0. The van der Waals surface area contributed by atoms with Crippen molar-refractivity contribution in [1.82, 2.24) is 15.1 Å². The van der Waals surface area contributed by atoms with Gasteiger partial charge in [0.1, 0.15) is 0 Å². The number of carbonyl (C=O) groups excluding carboxylic acids is 1. The third kappa shape index (κ3) is 3.69. The molecule has 0 bridgehead atoms. The Morgan fingerprint density at radius 1 is 1.40 bits per heavy atom. The molecule has 0 aliphatic carbocycles. The van der Waals surface area contributed by atoms with Crippen LogP contribution in [0.25, 0.3) is 0 Å². The molecule has 2 heterocycles. The van der Waals surface area contributed by atoms with Gasteiger partial charge >= 0.3 is 0 Å². The number of rotatable bonds is 4. The summed E-state index contributed by atoms with van der Waals surface area (Å²) in [5.41, 5.74) is 0. The molecule has 1 atom stereocenters. The van der Waals surface area contributed by atoms with Crippen LogP contribution in [-0.2, 0) is 0 Å². The molecule has 1 aliphatic rings. The molecular weight excluding hydrogens is 272 g/mol. The van der Waals surface area contributed by atoms with Gasteiger partial charge < -0.3 is 10.2 Å². The number of hydrogen-bond acceptors (Lipinski definition) is 5. The maximum atomic E-state index is 12.5. The minimum absolute atomic E-state index is 0.0380. The highest BCUT2D eigenvalue weighted by Crippen LogP contribution is 2.26. The first-order valence-electron chi connectivity index (χ1n) is 7.48. The minimum Gasteiger partial charge on any atom is -0.360 e. The Morgan fingerprint density at radius 2 is 2.20 bits per heavy atom. The number of carbonyl (C=O) groups is 1. The lowest BCUT2D eigenvalue weighted by atomic mass is 9.89. The number of nitrogens with zero attached hydrogens (tertiary/aromatic N) is 3. The van der Waals surface area contributed by atoms with E-state index in [4.69, 9.17) is 0 Å². The molecule has 0 spiro atoms. The Kier molecular flexibility index (Phi) is 5.34. The number of hydrogen-bond donors (Lipinski definition) is 1. The molecule has 1 N–H and O–H groups in total. The Balaban J connectivity index is 1.97. The van der Waals surface area contributed by atoms with E-state index >= 15 is 0 Å². The highest BCUT2D eigenvalue weighted by Gasteiger charge is 2.25. The third-order valence-corrected chi connectivity index (χ3v) is 4.81. The van der Waals surface area contributed by atoms with E-state index in [1.165, 1.54) is 17.8 Å². The molecule has 1 aliphatic heterocycles. The topological polar surface area (TPSA) is 58.1 Å². The highest BCUT2D eigenvalue weighted by atomic mass is 32.1. The molecule has 1 unspecified atom stereocenters. The lowest BCUT2D eigenvalue weighted by Gasteiger charge is -2.20. The molecule has 112 valence electrons. The zero-order valence-electron chi connectivity index (χ0n) is 12.6. The van der Waals surface area contributed by atoms with Gasteiger partial charge in [-0.25, -0.2) is 0 Å². The predicted octanol–water partition coefficient (Wildman–Crippen LogP) is 2.87. The van der Waals surface area contributed by atoms with Crippen LogP contribution in [0.5, 0.6) is 0 Å². The van der Waals surface area contributed by atoms with Gasteiger partial charge in [-0.15, -0.1) is 10.2 Å². The zero-order chi connectivity index (χ0) is 14.5. The van der Waals surface area contributed by atoms with Gasteiger partial charge in [-0.2, -0.15) is 0 Å². The number of anilines is 1. The lowest BCUT2D eigenvalue weighted by Crippen LogP contribution is -2.32. The maximum Gasteiger partial charge on any atom is 0.284 e. The van der Waals surface area contributed by atoms with Crippen molar-refractivity contribution in [2.45, 2.75) is 40.0 Å². The van der Waals surface area contributed by atoms with Crippen LogP contribution in [-0.4, -0.2) is 40.6 Å². The van der Waals surface area contributed by atoms with Gasteiger partial charge in [0.25, 0.3) is 5.91 Å². The molecule has 1 fully saturated rings. The first-order chi connectivity index (χ1) is 9.61. The molecule has 2 rings (SSSR count). The average Bonchev–Trinajstić information content (AvgIpc) is 2.74. The molecule has 1 aromatic heterocycles. The summed E-state index contributed by atoms with van der Waals surface area (Å²) in [5.74, 6) is 1.47. The van der Waals surface area contributed by atoms with Crippen molar-refractivity contribution in [2.24, 2.45) is 11.8 Å². The van der Waals surface area contributed by atoms with E-state index in [0.717, 1.165) is 43.5 Å². The molecule has 0 radical (unpaired) electrons. The molecule has 1 saturated heterocycles. The van der Waals surface area contributed by atoms with Crippen LogP contribution in [0.4, 0.5) is 5.13 Å². The van der Waals surface area contributed by atoms with Gasteiger partial charge in [0.2, 0.25) is 10.1 Å². The second-order valence-electron chi connectivity index (χ2n) is 5.67. The molecule has 1 amide bonds. The number of nitrogens with one attached hydrogen (secondary N) is 1. The van der Waals surface area contributed by atoms with Crippen LogP contribution >= 0.6 is 11.3 Å². The number of likely N-dealkylation sites (tertiary alicyclic amines) is 1. The van der Waals surface area contributed by atoms with Gasteiger partial charge in [0.05, 0.1) is 0 Å². The summed E-state index contributed by atoms with van der Waals surface area (Å²) in [4.78, 5) is 14.4. The Morgan fingerprint density at radius 3 is 2.90 bits per heavy atom. The van der Waals surface area contributed by atoms with E-state index in [1.807, 2.05) is 11.8 Å². The van der Waals surface area contributed by atoms with E-state index < -0.39 is 0 Å². The van der Waals surface area contributed by atoms with Crippen molar-refractivity contribution >= 4 is 22.4 Å². The monoisotopic (exact) mass is 296 g/mol. The lowest BCUT2D eigenvalue weighted by molar-refractivity contribution is 0.0757. The summed E-state index contributed by atoms with van der Waals surface area (Å²) in [6, 6.07) is 0. The van der Waals surface area contributed by atoms with Gasteiger partial charge in [-0.1, -0.05) is 25.2 Å². The summed E-state index contributed by atoms with van der Waals surface area (Å²) >= 11 is 1.35. The predicted molar refractivity (Wildman–Crippen MR) is 82.2 cm³/mol. The third-order valence-electron chi connectivity index (χ3n) is 3.94. The molecule has 1 aromatic rings. The summed E-state index contributed by atoms with van der Waals surface area (Å²) < 4.78 is 0. The summed E-state index contributed by atoms with van der Waals surface area (Å²) in [6.07, 6.45) is 3.41. The SMILES string of the molecule is CCNc1nnc(C(=O)N2CCCC(C(C)C)CC2)s1. The Hall–Kier alpha value is -1.17. The molecular formula is C14H24N4OS. The fraction of sp³-hybridized carbons (Fsp3) is 0.786. The molecule has 5 nitrogen and oxygen atoms in total. The van der Waals surface area contributed by atoms with Crippen LogP contribution < -0.4 is 5.32 Å². The van der Waals surface area contributed by atoms with Crippen LogP contribution in [0.15, 0.2) is 0 Å². The standard InChI is InChI=1S/C14H24N4OS/c1-4-15-14-17-16-12(20-14)13(19)18-8-5-6-11(7-9-18)10(2)3/h10-11H,4-9H2,1-3H3,(H,15,17). The molecule has 0 aromatic carbocycles. The van der Waals surface area contributed by atoms with Crippen LogP contribution in [0.3, 0.4) is 0 Å². The summed E-state index contributed by atoms with van der Waals surface area (Å²) in [5, 5.41) is 12.3. The average molecular weight is 296 g/mol. The Bertz CT molecular complexity index is 446. The Labute approximate surface area is 124 Å². The molecule has 20 heavy (non-hydrogen) atoms. The zero-order valence-corrected chi connectivity index (χ0v) is 13.4. The maximum absolute atomic E-state index is 12.5. The van der Waals surface area contributed by atoms with Crippen molar-refractivity contribution in [3.8, 4) is 0 Å². The van der Waals surface area contributed by atoms with Gasteiger partial charge in [0, 0.05) is 19.6 Å². The second kappa shape index (κ2) is 7.02. The fourth-order valence-corrected chi connectivity index (χ4v) is 3.44. The number of aromatic nitrogens is 2. The van der Waals surface area contributed by atoms with Crippen LogP contribution in [0.2, 0.25) is 0 Å². The van der Waals surface area contributed by atoms with Crippen molar-refractivity contribution < 1.29 is 4.79 Å². The largest absolute Gasteiger partial charge is 0.360 e. The quantitative estimate of drug-likeness (QED) is 0.928. The molecule has 6 heteroatoms. The van der Waals surface area contributed by atoms with Crippen LogP contribution in [0, 0.1) is 11.8 Å². The van der Waals surface area contributed by atoms with E-state index in [0.29, 0.717) is 10.9 Å². The van der Waals surface area contributed by atoms with E-state index in [2.05, 4.69) is 29.4 Å². The summed E-state index contributed by atoms with van der Waals surface area (Å²) in [6.45, 7) is 9.04. The van der Waals surface area contributed by atoms with Gasteiger partial charge in [-0.3, -0.25) is 4.79 Å². The highest BCUT2D eigenvalue weighted by molar-refractivity contribution is 7.17. The van der Waals surface area contributed by atoms with Gasteiger partial charge in [0.15, 0.2) is 0 Å². The smallest absolute Gasteiger partial charge is 0.284 e. The first-order valence-corrected chi connectivity index (χ1v) is 8.30. The second-order valence-corrected chi connectivity index (χ2v) is 6.65. The van der Waals surface area contributed by atoms with Gasteiger partial charge in [-0.05, 0) is 38.0 Å². The van der Waals surface area contributed by atoms with E-state index in [1.54, 1.807) is 0 Å².